The van der Waals surface area contributed by atoms with Crippen LogP contribution < -0.4 is 10.1 Å². The van der Waals surface area contributed by atoms with Crippen LogP contribution in [0.4, 0.5) is 5.69 Å². The zero-order valence-corrected chi connectivity index (χ0v) is 18.7. The summed E-state index contributed by atoms with van der Waals surface area (Å²) in [6, 6.07) is 19.5. The van der Waals surface area contributed by atoms with Gasteiger partial charge in [-0.1, -0.05) is 59.1 Å². The van der Waals surface area contributed by atoms with Gasteiger partial charge in [-0.15, -0.1) is 0 Å². The van der Waals surface area contributed by atoms with Crippen LogP contribution in [0.15, 0.2) is 66.2 Å². The summed E-state index contributed by atoms with van der Waals surface area (Å²) in [6.07, 6.45) is 1.93. The molecule has 0 aromatic heterocycles. The average molecular weight is 472 g/mol. The van der Waals surface area contributed by atoms with E-state index in [-0.39, 0.29) is 5.57 Å². The molecule has 156 valence electrons. The topological polar surface area (TPSA) is 62.1 Å². The molecule has 0 unspecified atom stereocenters. The van der Waals surface area contributed by atoms with Crippen molar-refractivity contribution < 1.29 is 9.53 Å². The van der Waals surface area contributed by atoms with Gasteiger partial charge in [0.2, 0.25) is 0 Å². The molecule has 1 amide bonds. The second-order valence-corrected chi connectivity index (χ2v) is 7.84. The normalized spacial score (nSPS) is 11.0. The SMILES string of the molecule is COc1cc(/C=C(\C#N)C(=O)Nc2cccc(Cl)c2)cc(Cl)c1Cc1ccccc1Cl. The van der Waals surface area contributed by atoms with E-state index < -0.39 is 5.91 Å². The fourth-order valence-electron chi connectivity index (χ4n) is 2.98. The first kappa shape index (κ1) is 22.7. The lowest BCUT2D eigenvalue weighted by Gasteiger charge is -2.13. The summed E-state index contributed by atoms with van der Waals surface area (Å²) in [4.78, 5) is 12.5. The Morgan fingerprint density at radius 2 is 1.84 bits per heavy atom. The lowest BCUT2D eigenvalue weighted by Crippen LogP contribution is -2.13. The van der Waals surface area contributed by atoms with E-state index in [1.807, 2.05) is 30.3 Å². The third-order valence-corrected chi connectivity index (χ3v) is 5.42. The summed E-state index contributed by atoms with van der Waals surface area (Å²) in [5.74, 6) is -0.0220. The minimum atomic E-state index is -0.556. The number of nitriles is 1. The zero-order chi connectivity index (χ0) is 22.4. The number of hydrogen-bond donors (Lipinski definition) is 1. The Hall–Kier alpha value is -2.97. The van der Waals surface area contributed by atoms with E-state index in [4.69, 9.17) is 39.5 Å². The number of nitrogens with zero attached hydrogens (tertiary/aromatic N) is 1. The molecule has 0 fully saturated rings. The van der Waals surface area contributed by atoms with Gasteiger partial charge in [-0.25, -0.2) is 0 Å². The van der Waals surface area contributed by atoms with Crippen LogP contribution in [0.25, 0.3) is 6.08 Å². The number of methoxy groups -OCH3 is 1. The van der Waals surface area contributed by atoms with Crippen LogP contribution in [0.3, 0.4) is 0 Å². The molecular formula is C24H17Cl3N2O2. The first-order chi connectivity index (χ1) is 14.9. The quantitative estimate of drug-likeness (QED) is 0.318. The molecular weight excluding hydrogens is 455 g/mol. The molecule has 3 aromatic carbocycles. The summed E-state index contributed by atoms with van der Waals surface area (Å²) < 4.78 is 5.51. The van der Waals surface area contributed by atoms with Crippen molar-refractivity contribution in [1.29, 1.82) is 5.26 Å². The van der Waals surface area contributed by atoms with Crippen molar-refractivity contribution in [2.45, 2.75) is 6.42 Å². The van der Waals surface area contributed by atoms with E-state index in [9.17, 15) is 10.1 Å². The maximum absolute atomic E-state index is 12.5. The lowest BCUT2D eigenvalue weighted by atomic mass is 10.0. The number of ether oxygens (including phenoxy) is 1. The summed E-state index contributed by atoms with van der Waals surface area (Å²) >= 11 is 18.7. The van der Waals surface area contributed by atoms with E-state index in [2.05, 4.69) is 5.32 Å². The van der Waals surface area contributed by atoms with E-state index in [0.29, 0.717) is 38.5 Å². The minimum Gasteiger partial charge on any atom is -0.496 e. The number of carbonyl (C=O) groups is 1. The molecule has 31 heavy (non-hydrogen) atoms. The highest BCUT2D eigenvalue weighted by molar-refractivity contribution is 6.32. The molecule has 4 nitrogen and oxygen atoms in total. The van der Waals surface area contributed by atoms with Crippen LogP contribution in [0.2, 0.25) is 15.1 Å². The predicted molar refractivity (Wildman–Crippen MR) is 126 cm³/mol. The molecule has 0 atom stereocenters. The van der Waals surface area contributed by atoms with Crippen molar-refractivity contribution in [2.24, 2.45) is 0 Å². The van der Waals surface area contributed by atoms with Crippen LogP contribution in [0, 0.1) is 11.3 Å². The summed E-state index contributed by atoms with van der Waals surface area (Å²) in [7, 11) is 1.53. The highest BCUT2D eigenvalue weighted by atomic mass is 35.5. The van der Waals surface area contributed by atoms with E-state index in [0.717, 1.165) is 11.1 Å². The maximum Gasteiger partial charge on any atom is 0.266 e. The van der Waals surface area contributed by atoms with Gasteiger partial charge >= 0.3 is 0 Å². The van der Waals surface area contributed by atoms with E-state index >= 15 is 0 Å². The van der Waals surface area contributed by atoms with Gasteiger partial charge < -0.3 is 10.1 Å². The zero-order valence-electron chi connectivity index (χ0n) is 16.5. The molecule has 7 heteroatoms. The first-order valence-electron chi connectivity index (χ1n) is 9.19. The Morgan fingerprint density at radius 3 is 2.52 bits per heavy atom. The molecule has 0 heterocycles. The molecule has 0 aliphatic rings. The smallest absolute Gasteiger partial charge is 0.266 e. The van der Waals surface area contributed by atoms with Gasteiger partial charge in [-0.3, -0.25) is 4.79 Å². The fraction of sp³-hybridized carbons (Fsp3) is 0.0833. The van der Waals surface area contributed by atoms with Gasteiger partial charge in [-0.05, 0) is 53.6 Å². The third-order valence-electron chi connectivity index (χ3n) is 4.48. The molecule has 3 aromatic rings. The molecule has 0 aliphatic carbocycles. The van der Waals surface area contributed by atoms with Crippen LogP contribution >= 0.6 is 34.8 Å². The molecule has 0 saturated heterocycles. The summed E-state index contributed by atoms with van der Waals surface area (Å²) in [5.41, 5.74) is 2.63. The number of rotatable bonds is 6. The van der Waals surface area contributed by atoms with Crippen LogP contribution in [0.5, 0.6) is 5.75 Å². The number of carbonyl (C=O) groups excluding carboxylic acids is 1. The highest BCUT2D eigenvalue weighted by Gasteiger charge is 2.15. The van der Waals surface area contributed by atoms with Gasteiger partial charge in [0.15, 0.2) is 0 Å². The van der Waals surface area contributed by atoms with Gasteiger partial charge in [0.05, 0.1) is 7.11 Å². The monoisotopic (exact) mass is 470 g/mol. The summed E-state index contributed by atoms with van der Waals surface area (Å²) in [6.45, 7) is 0. The van der Waals surface area contributed by atoms with Crippen molar-refractivity contribution in [2.75, 3.05) is 12.4 Å². The van der Waals surface area contributed by atoms with Gasteiger partial charge in [-0.2, -0.15) is 5.26 Å². The molecule has 0 saturated carbocycles. The van der Waals surface area contributed by atoms with Crippen molar-refractivity contribution >= 4 is 52.5 Å². The molecule has 0 aliphatic heterocycles. The van der Waals surface area contributed by atoms with Crippen molar-refractivity contribution in [1.82, 2.24) is 0 Å². The fourth-order valence-corrected chi connectivity index (χ4v) is 3.66. The number of amides is 1. The second kappa shape index (κ2) is 10.4. The number of hydrogen-bond acceptors (Lipinski definition) is 3. The van der Waals surface area contributed by atoms with E-state index in [1.165, 1.54) is 13.2 Å². The van der Waals surface area contributed by atoms with Crippen molar-refractivity contribution in [3.8, 4) is 11.8 Å². The van der Waals surface area contributed by atoms with Gasteiger partial charge in [0.25, 0.3) is 5.91 Å². The largest absolute Gasteiger partial charge is 0.496 e. The molecule has 0 radical (unpaired) electrons. The van der Waals surface area contributed by atoms with Gasteiger partial charge in [0.1, 0.15) is 17.4 Å². The number of halogens is 3. The Morgan fingerprint density at radius 1 is 1.06 bits per heavy atom. The van der Waals surface area contributed by atoms with Crippen LogP contribution in [0.1, 0.15) is 16.7 Å². The summed E-state index contributed by atoms with van der Waals surface area (Å²) in [5, 5.41) is 13.7. The highest BCUT2D eigenvalue weighted by Crippen LogP contribution is 2.33. The first-order valence-corrected chi connectivity index (χ1v) is 10.3. The van der Waals surface area contributed by atoms with Crippen molar-refractivity contribution in [3.63, 3.8) is 0 Å². The molecule has 1 N–H and O–H groups in total. The Bertz CT molecular complexity index is 1200. The lowest BCUT2D eigenvalue weighted by molar-refractivity contribution is -0.112. The van der Waals surface area contributed by atoms with Crippen molar-refractivity contribution in [3.05, 3.63) is 98.0 Å². The second-order valence-electron chi connectivity index (χ2n) is 6.59. The minimum absolute atomic E-state index is 0.0862. The number of anilines is 1. The standard InChI is InChI=1S/C24H17Cl3N2O2/c1-31-23-11-15(10-22(27)20(23)12-16-5-2-3-8-21(16)26)9-17(14-28)24(30)29-19-7-4-6-18(25)13-19/h2-11,13H,12H2,1H3,(H,29,30)/b17-9+. The predicted octanol–water partition coefficient (Wildman–Crippen LogP) is 6.79. The Labute approximate surface area is 195 Å². The van der Waals surface area contributed by atoms with E-state index in [1.54, 1.807) is 36.4 Å². The maximum atomic E-state index is 12.5. The molecule has 0 bridgehead atoms. The van der Waals surface area contributed by atoms with Crippen LogP contribution in [-0.4, -0.2) is 13.0 Å². The number of benzene rings is 3. The van der Waals surface area contributed by atoms with Crippen LogP contribution in [-0.2, 0) is 11.2 Å². The number of nitrogens with one attached hydrogen (secondary N) is 1. The average Bonchev–Trinajstić information content (AvgIpc) is 2.74. The van der Waals surface area contributed by atoms with Gasteiger partial charge in [0, 0.05) is 32.7 Å². The molecule has 3 rings (SSSR count). The molecule has 0 spiro atoms. The Kier molecular flexibility index (Phi) is 7.59. The Balaban J connectivity index is 1.90. The third kappa shape index (κ3) is 5.80.